The molecular formula is C33H31N3O8S3. The van der Waals surface area contributed by atoms with Gasteiger partial charge in [-0.1, -0.05) is 11.3 Å². The van der Waals surface area contributed by atoms with Crippen molar-refractivity contribution in [3.63, 3.8) is 0 Å². The molecule has 0 unspecified atom stereocenters. The van der Waals surface area contributed by atoms with Gasteiger partial charge in [0.25, 0.3) is 5.56 Å². The monoisotopic (exact) mass is 693 g/mol. The number of methoxy groups -OCH3 is 3. The van der Waals surface area contributed by atoms with E-state index in [2.05, 4.69) is 4.99 Å². The molecule has 0 saturated heterocycles. The molecule has 14 heteroatoms. The zero-order chi connectivity index (χ0) is 33.2. The molecule has 3 aromatic heterocycles. The van der Waals surface area contributed by atoms with Crippen LogP contribution < -0.4 is 33.8 Å². The third-order valence-corrected chi connectivity index (χ3v) is 10.2. The summed E-state index contributed by atoms with van der Waals surface area (Å²) in [4.78, 5) is 37.2. The van der Waals surface area contributed by atoms with E-state index in [4.69, 9.17) is 33.1 Å². The zero-order valence-corrected chi connectivity index (χ0v) is 28.9. The van der Waals surface area contributed by atoms with Gasteiger partial charge in [0, 0.05) is 6.08 Å². The Bertz CT molecular complexity index is 2170. The van der Waals surface area contributed by atoms with Crippen LogP contribution in [0.25, 0.3) is 16.3 Å². The molecule has 0 amide bonds. The molecule has 0 spiro atoms. The van der Waals surface area contributed by atoms with Crippen molar-refractivity contribution in [2.24, 2.45) is 4.99 Å². The number of hydrogen-bond donors (Lipinski definition) is 0. The number of furan rings is 1. The number of esters is 1. The topological polar surface area (TPSA) is 124 Å². The molecule has 2 aromatic carbocycles. The number of carbonyl (C=O) groups is 1. The summed E-state index contributed by atoms with van der Waals surface area (Å²) in [6.07, 6.45) is 1.68. The first kappa shape index (κ1) is 32.4. The molecular weight excluding hydrogens is 663 g/mol. The van der Waals surface area contributed by atoms with Crippen LogP contribution >= 0.6 is 34.4 Å². The highest BCUT2D eigenvalue weighted by atomic mass is 32.2. The van der Waals surface area contributed by atoms with Crippen LogP contribution in [-0.4, -0.2) is 50.1 Å². The van der Waals surface area contributed by atoms with Gasteiger partial charge >= 0.3 is 5.97 Å². The zero-order valence-electron chi connectivity index (χ0n) is 26.4. The molecule has 47 heavy (non-hydrogen) atoms. The molecule has 0 aliphatic carbocycles. The van der Waals surface area contributed by atoms with Gasteiger partial charge in [-0.05, 0) is 80.6 Å². The van der Waals surface area contributed by atoms with Crippen molar-refractivity contribution in [2.45, 2.75) is 36.2 Å². The van der Waals surface area contributed by atoms with Crippen molar-refractivity contribution in [3.05, 3.63) is 84.7 Å². The van der Waals surface area contributed by atoms with Crippen LogP contribution in [0.15, 0.2) is 77.4 Å². The molecule has 0 radical (unpaired) electrons. The van der Waals surface area contributed by atoms with E-state index < -0.39 is 12.0 Å². The molecule has 1 atom stereocenters. The lowest BCUT2D eigenvalue weighted by molar-refractivity contribution is -0.139. The summed E-state index contributed by atoms with van der Waals surface area (Å²) in [5.74, 6) is 1.87. The second-order valence-electron chi connectivity index (χ2n) is 10.1. The number of thiazole rings is 2. The quantitative estimate of drug-likeness (QED) is 0.162. The Kier molecular flexibility index (Phi) is 9.43. The minimum absolute atomic E-state index is 0.159. The molecule has 0 saturated carbocycles. The fourth-order valence-corrected chi connectivity index (χ4v) is 8.26. The Morgan fingerprint density at radius 2 is 1.79 bits per heavy atom. The summed E-state index contributed by atoms with van der Waals surface area (Å²) in [5.41, 5.74) is 1.78. The lowest BCUT2D eigenvalue weighted by Gasteiger charge is -2.26. The summed E-state index contributed by atoms with van der Waals surface area (Å²) in [7, 11) is 4.52. The molecule has 4 heterocycles. The van der Waals surface area contributed by atoms with E-state index in [1.54, 1.807) is 49.5 Å². The normalized spacial score (nSPS) is 14.6. The lowest BCUT2D eigenvalue weighted by Crippen LogP contribution is -2.40. The Hall–Kier alpha value is -4.53. The van der Waals surface area contributed by atoms with E-state index in [1.807, 2.05) is 31.2 Å². The predicted molar refractivity (Wildman–Crippen MR) is 180 cm³/mol. The summed E-state index contributed by atoms with van der Waals surface area (Å²) in [5, 5.41) is 0.629. The molecule has 0 bridgehead atoms. The van der Waals surface area contributed by atoms with Crippen LogP contribution in [-0.2, 0) is 9.53 Å². The van der Waals surface area contributed by atoms with Crippen molar-refractivity contribution < 1.29 is 32.9 Å². The summed E-state index contributed by atoms with van der Waals surface area (Å²) in [6, 6.07) is 12.0. The van der Waals surface area contributed by atoms with Gasteiger partial charge in [0.15, 0.2) is 25.7 Å². The van der Waals surface area contributed by atoms with E-state index >= 15 is 0 Å². The molecule has 5 aromatic rings. The third kappa shape index (κ3) is 6.27. The smallest absolute Gasteiger partial charge is 0.338 e. The number of carbonyl (C=O) groups excluding carboxylic acids is 1. The Morgan fingerprint density at radius 3 is 2.47 bits per heavy atom. The number of aromatic nitrogens is 2. The summed E-state index contributed by atoms with van der Waals surface area (Å²) in [6.45, 7) is 6.15. The van der Waals surface area contributed by atoms with E-state index in [0.29, 0.717) is 55.3 Å². The molecule has 11 nitrogen and oxygen atoms in total. The molecule has 0 N–H and O–H groups in total. The van der Waals surface area contributed by atoms with E-state index in [0.717, 1.165) is 20.3 Å². The Balaban J connectivity index is 1.39. The van der Waals surface area contributed by atoms with Crippen LogP contribution in [0.4, 0.5) is 0 Å². The highest BCUT2D eigenvalue weighted by Crippen LogP contribution is 2.42. The van der Waals surface area contributed by atoms with Gasteiger partial charge in [0.2, 0.25) is 5.75 Å². The third-order valence-electron chi connectivity index (χ3n) is 7.23. The molecule has 244 valence electrons. The van der Waals surface area contributed by atoms with Gasteiger partial charge in [0.1, 0.15) is 11.5 Å². The first-order valence-corrected chi connectivity index (χ1v) is 17.0. The van der Waals surface area contributed by atoms with Gasteiger partial charge in [-0.3, -0.25) is 9.36 Å². The van der Waals surface area contributed by atoms with Gasteiger partial charge < -0.3 is 28.1 Å². The minimum atomic E-state index is -0.869. The van der Waals surface area contributed by atoms with Gasteiger partial charge in [-0.2, -0.15) is 0 Å². The number of fused-ring (bicyclic) bond motifs is 2. The fraction of sp³-hybridized carbons (Fsp3) is 0.273. The SMILES string of the molecule is CCOC(=O)C1=C(C)N=c2s/c(=C\c3ccc(Sc4nc5ccc(OCC)cc5s4)o3)c(=O)n2[C@@H]1c1cc(OC)c(OC)c(OC)c1. The average Bonchev–Trinajstić information content (AvgIpc) is 3.76. The number of ether oxygens (including phenoxy) is 5. The number of hydrogen-bond acceptors (Lipinski definition) is 13. The molecule has 6 rings (SSSR count). The highest BCUT2D eigenvalue weighted by Gasteiger charge is 2.34. The van der Waals surface area contributed by atoms with E-state index in [1.165, 1.54) is 49.0 Å². The maximum atomic E-state index is 14.1. The highest BCUT2D eigenvalue weighted by molar-refractivity contribution is 8.01. The van der Waals surface area contributed by atoms with Crippen molar-refractivity contribution in [1.29, 1.82) is 0 Å². The Morgan fingerprint density at radius 1 is 1.02 bits per heavy atom. The number of benzene rings is 2. The van der Waals surface area contributed by atoms with Crippen LogP contribution in [0.5, 0.6) is 23.0 Å². The average molecular weight is 694 g/mol. The number of allylic oxidation sites excluding steroid dienone is 1. The van der Waals surface area contributed by atoms with Crippen molar-refractivity contribution >= 4 is 56.7 Å². The lowest BCUT2D eigenvalue weighted by atomic mass is 9.95. The van der Waals surface area contributed by atoms with Crippen LogP contribution in [0, 0.1) is 0 Å². The second-order valence-corrected chi connectivity index (χ2v) is 13.4. The van der Waals surface area contributed by atoms with Gasteiger partial charge in [-0.15, -0.1) is 11.3 Å². The number of rotatable bonds is 11. The van der Waals surface area contributed by atoms with E-state index in [-0.39, 0.29) is 17.7 Å². The van der Waals surface area contributed by atoms with Crippen LogP contribution in [0.3, 0.4) is 0 Å². The first-order valence-electron chi connectivity index (χ1n) is 14.6. The fourth-order valence-electron chi connectivity index (χ4n) is 5.23. The molecule has 1 aliphatic heterocycles. The summed E-state index contributed by atoms with van der Waals surface area (Å²) < 4.78 is 37.5. The standard InChI is InChI=1S/C33H31N3O8S3/c1-7-42-19-9-11-21-24(15-19)46-33(35-21)47-26-12-10-20(44-26)16-25-30(37)36-28(18-13-22(39-4)29(41-6)23(14-18)40-5)27(31(38)43-8-2)17(3)34-32(36)45-25/h9-16,28H,7-8H2,1-6H3/b25-16-/t28-/m1/s1. The van der Waals surface area contributed by atoms with E-state index in [9.17, 15) is 9.59 Å². The van der Waals surface area contributed by atoms with Gasteiger partial charge in [-0.25, -0.2) is 14.8 Å². The first-order chi connectivity index (χ1) is 22.8. The maximum Gasteiger partial charge on any atom is 0.338 e. The van der Waals surface area contributed by atoms with Crippen molar-refractivity contribution in [1.82, 2.24) is 9.55 Å². The largest absolute Gasteiger partial charge is 0.494 e. The maximum absolute atomic E-state index is 14.1. The Labute approximate surface area is 281 Å². The number of nitrogens with zero attached hydrogens (tertiary/aromatic N) is 3. The molecule has 0 fully saturated rings. The van der Waals surface area contributed by atoms with Gasteiger partial charge in [0.05, 0.1) is 66.6 Å². The predicted octanol–water partition coefficient (Wildman–Crippen LogP) is 5.58. The van der Waals surface area contributed by atoms with Crippen molar-refractivity contribution in [2.75, 3.05) is 34.5 Å². The van der Waals surface area contributed by atoms with Crippen LogP contribution in [0.1, 0.15) is 38.1 Å². The second kappa shape index (κ2) is 13.7. The summed E-state index contributed by atoms with van der Waals surface area (Å²) >= 11 is 4.15. The molecule has 1 aliphatic rings. The van der Waals surface area contributed by atoms with Crippen LogP contribution in [0.2, 0.25) is 0 Å². The minimum Gasteiger partial charge on any atom is -0.494 e. The van der Waals surface area contributed by atoms with Crippen molar-refractivity contribution in [3.8, 4) is 23.0 Å².